The van der Waals surface area contributed by atoms with E-state index in [9.17, 15) is 14.7 Å². The van der Waals surface area contributed by atoms with E-state index < -0.39 is 5.97 Å². The Labute approximate surface area is 203 Å². The van der Waals surface area contributed by atoms with Crippen molar-refractivity contribution in [2.24, 2.45) is 0 Å². The number of carboxylic acids is 1. The summed E-state index contributed by atoms with van der Waals surface area (Å²) in [4.78, 5) is 24.1. The van der Waals surface area contributed by atoms with Crippen LogP contribution in [0.25, 0.3) is 22.0 Å². The van der Waals surface area contributed by atoms with Gasteiger partial charge in [-0.1, -0.05) is 66.7 Å². The molecule has 0 unspecified atom stereocenters. The number of benzene rings is 4. The van der Waals surface area contributed by atoms with E-state index >= 15 is 0 Å². The molecule has 0 atom stereocenters. The van der Waals surface area contributed by atoms with Gasteiger partial charge in [0.05, 0.1) is 5.56 Å². The monoisotopic (exact) mass is 460 g/mol. The van der Waals surface area contributed by atoms with Gasteiger partial charge in [-0.25, -0.2) is 4.79 Å². The first kappa shape index (κ1) is 22.2. The van der Waals surface area contributed by atoms with Crippen molar-refractivity contribution >= 4 is 22.8 Å². The van der Waals surface area contributed by atoms with Gasteiger partial charge >= 0.3 is 5.97 Å². The van der Waals surface area contributed by atoms with Gasteiger partial charge in [-0.05, 0) is 58.7 Å². The van der Waals surface area contributed by atoms with Gasteiger partial charge in [0.15, 0.2) is 0 Å². The molecule has 0 aliphatic carbocycles. The highest BCUT2D eigenvalue weighted by Gasteiger charge is 2.12. The van der Waals surface area contributed by atoms with Gasteiger partial charge in [0, 0.05) is 35.8 Å². The standard InChI is InChI=1S/C30H24N2O3/c33-29(31-19-21-7-2-1-3-8-21)24-13-14-28-23(18-24)15-16-32(28)20-26-9-4-5-12-27(26)22-10-6-11-25(17-22)30(34)35/h1-18H,19-20H2,(H,31,33)(H,34,35). The van der Waals surface area contributed by atoms with Gasteiger partial charge in [-0.3, -0.25) is 4.79 Å². The summed E-state index contributed by atoms with van der Waals surface area (Å²) in [5.41, 5.74) is 5.92. The summed E-state index contributed by atoms with van der Waals surface area (Å²) in [5.74, 6) is -1.04. The van der Waals surface area contributed by atoms with Crippen molar-refractivity contribution in [3.8, 4) is 11.1 Å². The predicted octanol–water partition coefficient (Wildman–Crippen LogP) is 5.98. The number of hydrogen-bond acceptors (Lipinski definition) is 2. The first-order chi connectivity index (χ1) is 17.1. The van der Waals surface area contributed by atoms with Crippen molar-refractivity contribution in [3.05, 3.63) is 132 Å². The second-order valence-corrected chi connectivity index (χ2v) is 8.43. The third kappa shape index (κ3) is 4.84. The number of amides is 1. The number of carbonyl (C=O) groups excluding carboxylic acids is 1. The molecule has 5 rings (SSSR count). The second-order valence-electron chi connectivity index (χ2n) is 8.43. The first-order valence-electron chi connectivity index (χ1n) is 11.4. The highest BCUT2D eigenvalue weighted by atomic mass is 16.4. The van der Waals surface area contributed by atoms with Gasteiger partial charge in [0.1, 0.15) is 0 Å². The van der Waals surface area contributed by atoms with Crippen LogP contribution in [0.3, 0.4) is 0 Å². The molecule has 0 aliphatic heterocycles. The summed E-state index contributed by atoms with van der Waals surface area (Å²) < 4.78 is 2.14. The van der Waals surface area contributed by atoms with Gasteiger partial charge in [0.2, 0.25) is 0 Å². The average molecular weight is 461 g/mol. The summed E-state index contributed by atoms with van der Waals surface area (Å²) in [6.07, 6.45) is 2.01. The predicted molar refractivity (Wildman–Crippen MR) is 137 cm³/mol. The zero-order valence-electron chi connectivity index (χ0n) is 19.0. The van der Waals surface area contributed by atoms with Gasteiger partial charge < -0.3 is 15.0 Å². The zero-order valence-corrected chi connectivity index (χ0v) is 19.0. The van der Waals surface area contributed by atoms with E-state index in [0.29, 0.717) is 18.7 Å². The molecule has 2 N–H and O–H groups in total. The molecule has 0 bridgehead atoms. The number of hydrogen-bond donors (Lipinski definition) is 2. The minimum Gasteiger partial charge on any atom is -0.478 e. The molecule has 0 spiro atoms. The normalized spacial score (nSPS) is 10.9. The Morgan fingerprint density at radius 1 is 0.771 bits per heavy atom. The fraction of sp³-hybridized carbons (Fsp3) is 0.0667. The summed E-state index contributed by atoms with van der Waals surface area (Å²) in [6, 6.07) is 32.6. The van der Waals surface area contributed by atoms with Crippen molar-refractivity contribution in [1.29, 1.82) is 0 Å². The van der Waals surface area contributed by atoms with E-state index in [1.54, 1.807) is 18.2 Å². The molecule has 5 aromatic rings. The Kier molecular flexibility index (Phi) is 6.14. The van der Waals surface area contributed by atoms with Crippen LogP contribution in [0.15, 0.2) is 109 Å². The molecule has 1 amide bonds. The van der Waals surface area contributed by atoms with E-state index in [1.165, 1.54) is 0 Å². The van der Waals surface area contributed by atoms with Crippen LogP contribution in [-0.4, -0.2) is 21.6 Å². The first-order valence-corrected chi connectivity index (χ1v) is 11.4. The van der Waals surface area contributed by atoms with Gasteiger partial charge in [-0.15, -0.1) is 0 Å². The van der Waals surface area contributed by atoms with Crippen LogP contribution in [0, 0.1) is 0 Å². The highest BCUT2D eigenvalue weighted by molar-refractivity contribution is 5.98. The molecule has 0 fully saturated rings. The third-order valence-corrected chi connectivity index (χ3v) is 6.11. The zero-order chi connectivity index (χ0) is 24.2. The van der Waals surface area contributed by atoms with E-state index in [2.05, 4.69) is 16.0 Å². The number of carbonyl (C=O) groups is 2. The molecule has 0 saturated carbocycles. The molecule has 0 aliphatic rings. The number of aromatic carboxylic acids is 1. The molecule has 0 saturated heterocycles. The topological polar surface area (TPSA) is 71.3 Å². The maximum absolute atomic E-state index is 12.7. The fourth-order valence-corrected chi connectivity index (χ4v) is 4.30. The van der Waals surface area contributed by atoms with Crippen molar-refractivity contribution < 1.29 is 14.7 Å². The van der Waals surface area contributed by atoms with Crippen LogP contribution in [0.5, 0.6) is 0 Å². The highest BCUT2D eigenvalue weighted by Crippen LogP contribution is 2.27. The molecule has 1 heterocycles. The van der Waals surface area contributed by atoms with Crippen LogP contribution in [0.4, 0.5) is 0 Å². The van der Waals surface area contributed by atoms with Crippen LogP contribution in [0.1, 0.15) is 31.8 Å². The van der Waals surface area contributed by atoms with E-state index in [0.717, 1.165) is 33.2 Å². The maximum Gasteiger partial charge on any atom is 0.335 e. The van der Waals surface area contributed by atoms with Crippen molar-refractivity contribution in [1.82, 2.24) is 9.88 Å². The number of carboxylic acid groups (broad SMARTS) is 1. The number of aromatic nitrogens is 1. The minimum absolute atomic E-state index is 0.104. The molecule has 172 valence electrons. The molecule has 5 nitrogen and oxygen atoms in total. The van der Waals surface area contributed by atoms with Crippen LogP contribution in [0.2, 0.25) is 0 Å². The fourth-order valence-electron chi connectivity index (χ4n) is 4.30. The summed E-state index contributed by atoms with van der Waals surface area (Å²) in [7, 11) is 0. The Morgan fingerprint density at radius 3 is 2.40 bits per heavy atom. The summed E-state index contributed by atoms with van der Waals surface area (Å²) in [5, 5.41) is 13.3. The summed E-state index contributed by atoms with van der Waals surface area (Å²) in [6.45, 7) is 1.11. The van der Waals surface area contributed by atoms with Gasteiger partial charge in [0.25, 0.3) is 5.91 Å². The Bertz CT molecular complexity index is 1520. The molecule has 1 aromatic heterocycles. The van der Waals surface area contributed by atoms with Gasteiger partial charge in [-0.2, -0.15) is 0 Å². The van der Waals surface area contributed by atoms with Crippen molar-refractivity contribution in [3.63, 3.8) is 0 Å². The van der Waals surface area contributed by atoms with Crippen molar-refractivity contribution in [2.75, 3.05) is 0 Å². The Balaban J connectivity index is 1.38. The molecule has 35 heavy (non-hydrogen) atoms. The molecule has 5 heteroatoms. The lowest BCUT2D eigenvalue weighted by Gasteiger charge is -2.13. The molecular weight excluding hydrogens is 436 g/mol. The summed E-state index contributed by atoms with van der Waals surface area (Å²) >= 11 is 0. The molecular formula is C30H24N2O3. The number of nitrogens with zero attached hydrogens (tertiary/aromatic N) is 1. The molecule has 4 aromatic carbocycles. The van der Waals surface area contributed by atoms with E-state index in [1.807, 2.05) is 85.1 Å². The number of nitrogens with one attached hydrogen (secondary N) is 1. The quantitative estimate of drug-likeness (QED) is 0.314. The van der Waals surface area contributed by atoms with Crippen molar-refractivity contribution in [2.45, 2.75) is 13.1 Å². The number of rotatable bonds is 7. The Hall–Kier alpha value is -4.64. The smallest absolute Gasteiger partial charge is 0.335 e. The van der Waals surface area contributed by atoms with E-state index in [4.69, 9.17) is 0 Å². The SMILES string of the molecule is O=C(O)c1cccc(-c2ccccc2Cn2ccc3cc(C(=O)NCc4ccccc4)ccc32)c1. The Morgan fingerprint density at radius 2 is 1.57 bits per heavy atom. The van der Waals surface area contributed by atoms with Crippen LogP contribution in [-0.2, 0) is 13.1 Å². The largest absolute Gasteiger partial charge is 0.478 e. The lowest BCUT2D eigenvalue weighted by molar-refractivity contribution is 0.0696. The van der Waals surface area contributed by atoms with E-state index in [-0.39, 0.29) is 11.5 Å². The van der Waals surface area contributed by atoms with Crippen LogP contribution < -0.4 is 5.32 Å². The minimum atomic E-state index is -0.940. The molecule has 0 radical (unpaired) electrons. The third-order valence-electron chi connectivity index (χ3n) is 6.11. The lowest BCUT2D eigenvalue weighted by atomic mass is 9.98. The lowest BCUT2D eigenvalue weighted by Crippen LogP contribution is -2.22. The average Bonchev–Trinajstić information content (AvgIpc) is 3.30. The van der Waals surface area contributed by atoms with Crippen LogP contribution >= 0.6 is 0 Å². The maximum atomic E-state index is 12.7. The second kappa shape index (κ2) is 9.69. The number of fused-ring (bicyclic) bond motifs is 1.